The van der Waals surface area contributed by atoms with Crippen molar-refractivity contribution in [3.63, 3.8) is 0 Å². The monoisotopic (exact) mass is 414 g/mol. The maximum atomic E-state index is 12.6. The number of halogens is 1. The predicted octanol–water partition coefficient (Wildman–Crippen LogP) is 3.58. The third-order valence-corrected chi connectivity index (χ3v) is 5.51. The first-order valence-corrected chi connectivity index (χ1v) is 10.4. The minimum atomic E-state index is 0.0971. The topological polar surface area (TPSA) is 49.9 Å². The molecule has 2 aromatic rings. The Bertz CT molecular complexity index is 821. The second-order valence-corrected chi connectivity index (χ2v) is 7.70. The first-order valence-electron chi connectivity index (χ1n) is 9.98. The summed E-state index contributed by atoms with van der Waals surface area (Å²) in [6.45, 7) is 2.56. The molecule has 1 aliphatic rings. The molecule has 1 heterocycles. The van der Waals surface area contributed by atoms with E-state index in [0.29, 0.717) is 50.5 Å². The van der Waals surface area contributed by atoms with Crippen LogP contribution in [0.1, 0.15) is 24.0 Å². The highest BCUT2D eigenvalue weighted by atomic mass is 35.5. The summed E-state index contributed by atoms with van der Waals surface area (Å²) in [6, 6.07) is 15.2. The fraction of sp³-hybridized carbons (Fsp3) is 0.391. The van der Waals surface area contributed by atoms with Gasteiger partial charge in [0.1, 0.15) is 5.75 Å². The smallest absolute Gasteiger partial charge is 0.227 e. The number of hydrogen-bond acceptors (Lipinski definition) is 3. The van der Waals surface area contributed by atoms with Gasteiger partial charge < -0.3 is 14.5 Å². The summed E-state index contributed by atoms with van der Waals surface area (Å²) in [6.07, 6.45) is 2.35. The zero-order valence-corrected chi connectivity index (χ0v) is 17.5. The Hall–Kier alpha value is -2.53. The van der Waals surface area contributed by atoms with E-state index in [0.717, 1.165) is 23.3 Å². The highest BCUT2D eigenvalue weighted by Crippen LogP contribution is 2.15. The van der Waals surface area contributed by atoms with Gasteiger partial charge in [0.2, 0.25) is 11.8 Å². The van der Waals surface area contributed by atoms with Crippen LogP contribution in [0, 0.1) is 0 Å². The predicted molar refractivity (Wildman–Crippen MR) is 114 cm³/mol. The van der Waals surface area contributed by atoms with Crippen LogP contribution in [-0.4, -0.2) is 54.9 Å². The molecule has 0 radical (unpaired) electrons. The Kier molecular flexibility index (Phi) is 7.53. The average Bonchev–Trinajstić information content (AvgIpc) is 3.00. The molecule has 5 nitrogen and oxygen atoms in total. The van der Waals surface area contributed by atoms with Crippen LogP contribution in [-0.2, 0) is 22.4 Å². The van der Waals surface area contributed by atoms with Crippen LogP contribution in [0.15, 0.2) is 48.5 Å². The highest BCUT2D eigenvalue weighted by molar-refractivity contribution is 6.30. The summed E-state index contributed by atoms with van der Waals surface area (Å²) >= 11 is 5.90. The van der Waals surface area contributed by atoms with Crippen molar-refractivity contribution >= 4 is 23.4 Å². The van der Waals surface area contributed by atoms with Crippen molar-refractivity contribution in [1.82, 2.24) is 9.80 Å². The molecule has 0 saturated carbocycles. The van der Waals surface area contributed by atoms with Crippen LogP contribution in [0.2, 0.25) is 5.02 Å². The van der Waals surface area contributed by atoms with Gasteiger partial charge in [-0.2, -0.15) is 0 Å². The van der Waals surface area contributed by atoms with Gasteiger partial charge in [0.15, 0.2) is 0 Å². The van der Waals surface area contributed by atoms with E-state index in [9.17, 15) is 9.59 Å². The first kappa shape index (κ1) is 21.2. The van der Waals surface area contributed by atoms with Crippen LogP contribution in [0.3, 0.4) is 0 Å². The van der Waals surface area contributed by atoms with E-state index in [1.807, 2.05) is 46.2 Å². The summed E-state index contributed by atoms with van der Waals surface area (Å²) in [5, 5.41) is 0.666. The molecular formula is C23H27ClN2O3. The van der Waals surface area contributed by atoms with Crippen LogP contribution in [0.25, 0.3) is 0 Å². The van der Waals surface area contributed by atoms with Gasteiger partial charge in [0.05, 0.1) is 13.5 Å². The minimum absolute atomic E-state index is 0.0971. The number of benzene rings is 2. The maximum Gasteiger partial charge on any atom is 0.227 e. The Morgan fingerprint density at radius 3 is 2.07 bits per heavy atom. The Morgan fingerprint density at radius 1 is 0.862 bits per heavy atom. The fourth-order valence-electron chi connectivity index (χ4n) is 3.51. The molecule has 2 aromatic carbocycles. The third kappa shape index (κ3) is 6.23. The number of ether oxygens (including phenoxy) is 1. The van der Waals surface area contributed by atoms with Crippen molar-refractivity contribution in [2.24, 2.45) is 0 Å². The lowest BCUT2D eigenvalue weighted by Gasteiger charge is -2.22. The van der Waals surface area contributed by atoms with E-state index in [1.165, 1.54) is 0 Å². The number of carbonyl (C=O) groups is 2. The Labute approximate surface area is 177 Å². The molecule has 154 valence electrons. The molecule has 0 spiro atoms. The van der Waals surface area contributed by atoms with Gasteiger partial charge in [-0.3, -0.25) is 9.59 Å². The minimum Gasteiger partial charge on any atom is -0.497 e. The van der Waals surface area contributed by atoms with Crippen molar-refractivity contribution in [3.05, 3.63) is 64.7 Å². The number of methoxy groups -OCH3 is 1. The average molecular weight is 415 g/mol. The first-order chi connectivity index (χ1) is 14.0. The van der Waals surface area contributed by atoms with E-state index in [4.69, 9.17) is 16.3 Å². The molecule has 2 amide bonds. The maximum absolute atomic E-state index is 12.6. The van der Waals surface area contributed by atoms with Crippen molar-refractivity contribution in [1.29, 1.82) is 0 Å². The fourth-order valence-corrected chi connectivity index (χ4v) is 3.63. The summed E-state index contributed by atoms with van der Waals surface area (Å²) in [7, 11) is 1.64. The third-order valence-electron chi connectivity index (χ3n) is 5.26. The van der Waals surface area contributed by atoms with E-state index in [1.54, 1.807) is 19.2 Å². The SMILES string of the molecule is COc1ccc(CCC(=O)N2CCCN(C(=O)Cc3ccc(Cl)cc3)CC2)cc1. The molecule has 0 atom stereocenters. The zero-order chi connectivity index (χ0) is 20.6. The normalized spacial score (nSPS) is 14.4. The van der Waals surface area contributed by atoms with Crippen LogP contribution in [0.5, 0.6) is 5.75 Å². The molecule has 0 N–H and O–H groups in total. The molecule has 0 unspecified atom stereocenters. The van der Waals surface area contributed by atoms with Crippen molar-refractivity contribution < 1.29 is 14.3 Å². The quantitative estimate of drug-likeness (QED) is 0.725. The van der Waals surface area contributed by atoms with E-state index >= 15 is 0 Å². The molecule has 0 aliphatic carbocycles. The van der Waals surface area contributed by atoms with Gasteiger partial charge in [0.25, 0.3) is 0 Å². The van der Waals surface area contributed by atoms with Crippen molar-refractivity contribution in [3.8, 4) is 5.75 Å². The largest absolute Gasteiger partial charge is 0.497 e. The summed E-state index contributed by atoms with van der Waals surface area (Å²) in [5.74, 6) is 1.06. The number of amides is 2. The molecule has 1 saturated heterocycles. The number of rotatable bonds is 6. The van der Waals surface area contributed by atoms with E-state index in [-0.39, 0.29) is 11.8 Å². The van der Waals surface area contributed by atoms with Gasteiger partial charge in [0, 0.05) is 37.6 Å². The lowest BCUT2D eigenvalue weighted by atomic mass is 10.1. The number of carbonyl (C=O) groups excluding carboxylic acids is 2. The molecule has 0 bridgehead atoms. The summed E-state index contributed by atoms with van der Waals surface area (Å²) in [4.78, 5) is 29.0. The lowest BCUT2D eigenvalue weighted by molar-refractivity contribution is -0.133. The Balaban J connectivity index is 1.47. The van der Waals surface area contributed by atoms with Gasteiger partial charge in [-0.05, 0) is 48.2 Å². The van der Waals surface area contributed by atoms with Crippen LogP contribution < -0.4 is 4.74 Å². The summed E-state index contributed by atoms with van der Waals surface area (Å²) < 4.78 is 5.16. The highest BCUT2D eigenvalue weighted by Gasteiger charge is 2.22. The zero-order valence-electron chi connectivity index (χ0n) is 16.8. The van der Waals surface area contributed by atoms with E-state index < -0.39 is 0 Å². The van der Waals surface area contributed by atoms with Crippen molar-refractivity contribution in [2.45, 2.75) is 25.7 Å². The van der Waals surface area contributed by atoms with Crippen LogP contribution in [0.4, 0.5) is 0 Å². The lowest BCUT2D eigenvalue weighted by Crippen LogP contribution is -2.38. The molecule has 6 heteroatoms. The second-order valence-electron chi connectivity index (χ2n) is 7.27. The van der Waals surface area contributed by atoms with Gasteiger partial charge in [-0.1, -0.05) is 35.9 Å². The molecule has 1 aliphatic heterocycles. The molecule has 3 rings (SSSR count). The van der Waals surface area contributed by atoms with Crippen molar-refractivity contribution in [2.75, 3.05) is 33.3 Å². The van der Waals surface area contributed by atoms with Gasteiger partial charge >= 0.3 is 0 Å². The van der Waals surface area contributed by atoms with Gasteiger partial charge in [-0.25, -0.2) is 0 Å². The number of hydrogen-bond donors (Lipinski definition) is 0. The van der Waals surface area contributed by atoms with Gasteiger partial charge in [-0.15, -0.1) is 0 Å². The molecule has 0 aromatic heterocycles. The van der Waals surface area contributed by atoms with E-state index in [2.05, 4.69) is 0 Å². The molecule has 1 fully saturated rings. The number of aryl methyl sites for hydroxylation is 1. The molecular weight excluding hydrogens is 388 g/mol. The number of nitrogens with zero attached hydrogens (tertiary/aromatic N) is 2. The van der Waals surface area contributed by atoms with Crippen LogP contribution >= 0.6 is 11.6 Å². The standard InChI is InChI=1S/C23H27ClN2O3/c1-29-21-10-5-18(6-11-21)7-12-22(27)25-13-2-14-26(16-15-25)23(28)17-19-3-8-20(24)9-4-19/h3-6,8-11H,2,7,12-17H2,1H3. The second kappa shape index (κ2) is 10.3. The Morgan fingerprint density at radius 2 is 1.45 bits per heavy atom. The summed E-state index contributed by atoms with van der Waals surface area (Å²) in [5.41, 5.74) is 2.07. The molecule has 29 heavy (non-hydrogen) atoms.